The van der Waals surface area contributed by atoms with Crippen LogP contribution in [0.4, 0.5) is 0 Å². The standard InChI is InChI=1S/C15H19N3O/c1-15(16)5-4-14-13(8-15)11(3-2-6-19-14)7-12-9-17-10-18-12/h4,7-10H,2-3,5-6,16H2,1H3,(H,17,18)/b11-7+. The third-order valence-corrected chi connectivity index (χ3v) is 3.51. The molecule has 1 aromatic rings. The molecule has 1 atom stereocenters. The summed E-state index contributed by atoms with van der Waals surface area (Å²) in [6.07, 6.45) is 12.8. The van der Waals surface area contributed by atoms with Crippen LogP contribution in [0.1, 0.15) is 31.9 Å². The van der Waals surface area contributed by atoms with Gasteiger partial charge in [0.25, 0.3) is 0 Å². The molecule has 1 aromatic heterocycles. The molecule has 0 radical (unpaired) electrons. The molecule has 0 saturated carbocycles. The number of aromatic amines is 1. The largest absolute Gasteiger partial charge is 0.493 e. The van der Waals surface area contributed by atoms with E-state index < -0.39 is 0 Å². The summed E-state index contributed by atoms with van der Waals surface area (Å²) in [5, 5.41) is 0. The number of ether oxygens (including phenoxy) is 1. The van der Waals surface area contributed by atoms with Gasteiger partial charge >= 0.3 is 0 Å². The van der Waals surface area contributed by atoms with E-state index in [1.54, 1.807) is 6.33 Å². The second-order valence-electron chi connectivity index (χ2n) is 5.46. The summed E-state index contributed by atoms with van der Waals surface area (Å²) in [4.78, 5) is 7.17. The van der Waals surface area contributed by atoms with Crippen LogP contribution in [0.2, 0.25) is 0 Å². The van der Waals surface area contributed by atoms with Crippen LogP contribution >= 0.6 is 0 Å². The molecular weight excluding hydrogens is 238 g/mol. The van der Waals surface area contributed by atoms with Crippen LogP contribution in [0.5, 0.6) is 0 Å². The Balaban J connectivity index is 2.02. The molecule has 19 heavy (non-hydrogen) atoms. The van der Waals surface area contributed by atoms with Crippen molar-refractivity contribution < 1.29 is 4.74 Å². The van der Waals surface area contributed by atoms with E-state index >= 15 is 0 Å². The monoisotopic (exact) mass is 257 g/mol. The Morgan fingerprint density at radius 2 is 2.42 bits per heavy atom. The summed E-state index contributed by atoms with van der Waals surface area (Å²) in [6.45, 7) is 2.82. The van der Waals surface area contributed by atoms with Crippen LogP contribution in [-0.4, -0.2) is 22.1 Å². The fraction of sp³-hybridized carbons (Fsp3) is 0.400. The lowest BCUT2D eigenvalue weighted by Gasteiger charge is -2.26. The number of nitrogens with one attached hydrogen (secondary N) is 1. The zero-order valence-electron chi connectivity index (χ0n) is 11.1. The second kappa shape index (κ2) is 4.70. The van der Waals surface area contributed by atoms with Crippen LogP contribution in [0.15, 0.2) is 41.6 Å². The number of rotatable bonds is 1. The molecule has 2 aliphatic rings. The van der Waals surface area contributed by atoms with E-state index in [1.807, 2.05) is 13.1 Å². The minimum absolute atomic E-state index is 0.292. The predicted molar refractivity (Wildman–Crippen MR) is 75.1 cm³/mol. The quantitative estimate of drug-likeness (QED) is 0.812. The van der Waals surface area contributed by atoms with Gasteiger partial charge in [-0.3, -0.25) is 0 Å². The zero-order chi connectivity index (χ0) is 13.3. The summed E-state index contributed by atoms with van der Waals surface area (Å²) < 4.78 is 5.82. The molecule has 100 valence electrons. The van der Waals surface area contributed by atoms with Gasteiger partial charge in [-0.05, 0) is 43.9 Å². The number of hydrogen-bond donors (Lipinski definition) is 2. The predicted octanol–water partition coefficient (Wildman–Crippen LogP) is 2.53. The van der Waals surface area contributed by atoms with Crippen LogP contribution < -0.4 is 5.73 Å². The number of fused-ring (bicyclic) bond motifs is 1. The van der Waals surface area contributed by atoms with E-state index in [1.165, 1.54) is 5.57 Å². The van der Waals surface area contributed by atoms with Crippen LogP contribution in [0.25, 0.3) is 6.08 Å². The number of H-pyrrole nitrogens is 1. The molecule has 1 fully saturated rings. The summed E-state index contributed by atoms with van der Waals surface area (Å²) >= 11 is 0. The zero-order valence-corrected chi connectivity index (χ0v) is 11.1. The highest BCUT2D eigenvalue weighted by molar-refractivity contribution is 5.61. The van der Waals surface area contributed by atoms with E-state index in [9.17, 15) is 0 Å². The summed E-state index contributed by atoms with van der Waals surface area (Å²) in [7, 11) is 0. The molecule has 1 unspecified atom stereocenters. The highest BCUT2D eigenvalue weighted by atomic mass is 16.5. The number of nitrogens with two attached hydrogens (primary N) is 1. The molecule has 0 spiro atoms. The van der Waals surface area contributed by atoms with Gasteiger partial charge in [0, 0.05) is 11.1 Å². The third-order valence-electron chi connectivity index (χ3n) is 3.51. The fourth-order valence-corrected chi connectivity index (χ4v) is 2.53. The van der Waals surface area contributed by atoms with E-state index in [2.05, 4.69) is 28.2 Å². The Labute approximate surface area is 113 Å². The first-order valence-corrected chi connectivity index (χ1v) is 6.68. The van der Waals surface area contributed by atoms with E-state index in [0.29, 0.717) is 0 Å². The molecular formula is C15H19N3O. The minimum Gasteiger partial charge on any atom is -0.493 e. The molecule has 2 heterocycles. The van der Waals surface area contributed by atoms with Gasteiger partial charge in [-0.2, -0.15) is 0 Å². The van der Waals surface area contributed by atoms with Gasteiger partial charge in [0.15, 0.2) is 0 Å². The number of hydrogen-bond acceptors (Lipinski definition) is 3. The summed E-state index contributed by atoms with van der Waals surface area (Å²) in [6, 6.07) is 0. The molecule has 1 aliphatic heterocycles. The van der Waals surface area contributed by atoms with Crippen LogP contribution in [0.3, 0.4) is 0 Å². The topological polar surface area (TPSA) is 63.9 Å². The number of nitrogens with zero attached hydrogens (tertiary/aromatic N) is 1. The maximum atomic E-state index is 6.25. The van der Waals surface area contributed by atoms with Crippen molar-refractivity contribution in [3.63, 3.8) is 0 Å². The minimum atomic E-state index is -0.292. The van der Waals surface area contributed by atoms with Crippen molar-refractivity contribution in [1.82, 2.24) is 9.97 Å². The maximum absolute atomic E-state index is 6.25. The SMILES string of the molecule is CC1(N)C=C2C(=CC1)OCCC/C2=C\c1cnc[nH]1. The maximum Gasteiger partial charge on any atom is 0.122 e. The second-order valence-corrected chi connectivity index (χ2v) is 5.46. The molecule has 4 heteroatoms. The Kier molecular flexibility index (Phi) is 3.03. The Hall–Kier alpha value is -1.81. The van der Waals surface area contributed by atoms with Crippen LogP contribution in [0, 0.1) is 0 Å². The molecule has 3 N–H and O–H groups in total. The Morgan fingerprint density at radius 1 is 1.53 bits per heavy atom. The molecule has 0 aromatic carbocycles. The van der Waals surface area contributed by atoms with E-state index in [4.69, 9.17) is 10.5 Å². The van der Waals surface area contributed by atoms with Gasteiger partial charge < -0.3 is 15.5 Å². The highest BCUT2D eigenvalue weighted by Gasteiger charge is 2.26. The first-order valence-electron chi connectivity index (χ1n) is 6.68. The molecule has 1 aliphatic carbocycles. The van der Waals surface area contributed by atoms with Crippen molar-refractivity contribution in [1.29, 1.82) is 0 Å². The number of allylic oxidation sites excluding steroid dienone is 1. The molecule has 0 amide bonds. The molecule has 3 rings (SSSR count). The van der Waals surface area contributed by atoms with Gasteiger partial charge in [-0.15, -0.1) is 0 Å². The lowest BCUT2D eigenvalue weighted by atomic mass is 9.86. The van der Waals surface area contributed by atoms with Gasteiger partial charge in [0.2, 0.25) is 0 Å². The lowest BCUT2D eigenvalue weighted by Crippen LogP contribution is -2.35. The molecule has 1 saturated heterocycles. The van der Waals surface area contributed by atoms with Gasteiger partial charge in [-0.1, -0.05) is 6.08 Å². The van der Waals surface area contributed by atoms with Gasteiger partial charge in [0.05, 0.1) is 24.8 Å². The van der Waals surface area contributed by atoms with Crippen molar-refractivity contribution in [2.75, 3.05) is 6.61 Å². The fourth-order valence-electron chi connectivity index (χ4n) is 2.53. The number of aromatic nitrogens is 2. The summed E-state index contributed by atoms with van der Waals surface area (Å²) in [5.41, 5.74) is 9.38. The smallest absolute Gasteiger partial charge is 0.122 e. The van der Waals surface area contributed by atoms with Crippen molar-refractivity contribution in [2.45, 2.75) is 31.7 Å². The van der Waals surface area contributed by atoms with Crippen LogP contribution in [-0.2, 0) is 4.74 Å². The van der Waals surface area contributed by atoms with E-state index in [-0.39, 0.29) is 5.54 Å². The van der Waals surface area contributed by atoms with Crippen molar-refractivity contribution in [3.8, 4) is 0 Å². The normalized spacial score (nSPS) is 29.1. The third kappa shape index (κ3) is 2.63. The molecule has 0 bridgehead atoms. The van der Waals surface area contributed by atoms with Crippen molar-refractivity contribution in [2.24, 2.45) is 5.73 Å². The summed E-state index contributed by atoms with van der Waals surface area (Å²) in [5.74, 6) is 0.978. The first kappa shape index (κ1) is 12.2. The highest BCUT2D eigenvalue weighted by Crippen LogP contribution is 2.35. The number of imidazole rings is 1. The lowest BCUT2D eigenvalue weighted by molar-refractivity contribution is 0.221. The average Bonchev–Trinajstić information content (AvgIpc) is 2.79. The van der Waals surface area contributed by atoms with Crippen molar-refractivity contribution in [3.05, 3.63) is 47.3 Å². The van der Waals surface area contributed by atoms with Gasteiger partial charge in [-0.25, -0.2) is 4.98 Å². The van der Waals surface area contributed by atoms with Crippen molar-refractivity contribution >= 4 is 6.08 Å². The molecule has 4 nitrogen and oxygen atoms in total. The Morgan fingerprint density at radius 3 is 3.21 bits per heavy atom. The average molecular weight is 257 g/mol. The van der Waals surface area contributed by atoms with E-state index in [0.717, 1.165) is 42.9 Å². The van der Waals surface area contributed by atoms with Gasteiger partial charge in [0.1, 0.15) is 5.76 Å². The Bertz CT molecular complexity index is 550. The first-order chi connectivity index (χ1) is 9.14.